The number of alkyl halides is 6. The second-order valence-electron chi connectivity index (χ2n) is 12.8. The van der Waals surface area contributed by atoms with E-state index >= 15 is 26.3 Å². The van der Waals surface area contributed by atoms with Crippen molar-refractivity contribution in [1.82, 2.24) is 0 Å². The van der Waals surface area contributed by atoms with E-state index in [9.17, 15) is 0 Å². The third-order valence-corrected chi connectivity index (χ3v) is 61.3. The Labute approximate surface area is 273 Å². The molecule has 10 heteroatoms. The molecule has 0 saturated heterocycles. The Balaban J connectivity index is 1.65. The predicted molar refractivity (Wildman–Crippen MR) is 177 cm³/mol. The van der Waals surface area contributed by atoms with Gasteiger partial charge in [0.25, 0.3) is 0 Å². The van der Waals surface area contributed by atoms with Crippen molar-refractivity contribution >= 4 is 35.1 Å². The number of hydrogen-bond donors (Lipinski definition) is 0. The van der Waals surface area contributed by atoms with Gasteiger partial charge in [-0.2, -0.15) is 0 Å². The zero-order valence-electron chi connectivity index (χ0n) is 25.5. The van der Waals surface area contributed by atoms with Crippen LogP contribution in [0.2, 0.25) is 13.1 Å². The fraction of sp³-hybridized carbons (Fsp3) is 0.222. The second kappa shape index (κ2) is 11.4. The van der Waals surface area contributed by atoms with Crippen molar-refractivity contribution in [2.24, 2.45) is 0 Å². The van der Waals surface area contributed by atoms with Crippen LogP contribution < -0.4 is 0 Å². The van der Waals surface area contributed by atoms with Gasteiger partial charge in [0.2, 0.25) is 0 Å². The summed E-state index contributed by atoms with van der Waals surface area (Å²) in [6, 6.07) is 24.7. The summed E-state index contributed by atoms with van der Waals surface area (Å²) in [6.07, 6.45) is -7.58. The van der Waals surface area contributed by atoms with Gasteiger partial charge in [0, 0.05) is 0 Å². The van der Waals surface area contributed by atoms with Crippen molar-refractivity contribution in [3.05, 3.63) is 129 Å². The van der Waals surface area contributed by atoms with Gasteiger partial charge >= 0.3 is 275 Å². The van der Waals surface area contributed by atoms with Gasteiger partial charge in [-0.15, -0.1) is 0 Å². The molecule has 0 N–H and O–H groups in total. The minimum atomic E-state index is -6.40. The van der Waals surface area contributed by atoms with Crippen LogP contribution in [0.3, 0.4) is 0 Å². The zero-order chi connectivity index (χ0) is 33.4. The topological polar surface area (TPSA) is 0 Å². The minimum absolute atomic E-state index is 0.256. The van der Waals surface area contributed by atoms with Crippen LogP contribution in [0.15, 0.2) is 96.1 Å². The van der Waals surface area contributed by atoms with Crippen molar-refractivity contribution < 1.29 is 41.9 Å². The molecule has 0 saturated carbocycles. The van der Waals surface area contributed by atoms with E-state index in [-0.39, 0.29) is 11.1 Å². The Morgan fingerprint density at radius 1 is 0.565 bits per heavy atom. The summed E-state index contributed by atoms with van der Waals surface area (Å²) >= 11 is -6.40. The van der Waals surface area contributed by atoms with Gasteiger partial charge < -0.3 is 0 Å². The van der Waals surface area contributed by atoms with Crippen molar-refractivity contribution in [3.8, 4) is 22.3 Å². The quantitative estimate of drug-likeness (QED) is 0.140. The monoisotopic (exact) mass is 765 g/mol. The molecular weight excluding hydrogens is 737 g/mol. The Hall–Kier alpha value is -2.38. The van der Waals surface area contributed by atoms with Gasteiger partial charge in [-0.25, -0.2) is 0 Å². The van der Waals surface area contributed by atoms with Crippen molar-refractivity contribution in [1.29, 1.82) is 0 Å². The van der Waals surface area contributed by atoms with Crippen molar-refractivity contribution in [2.45, 2.75) is 46.5 Å². The maximum absolute atomic E-state index is 15.2. The molecule has 239 valence electrons. The molecule has 2 aliphatic carbocycles. The molecule has 2 atom stereocenters. The summed E-state index contributed by atoms with van der Waals surface area (Å²) in [5.74, 6) is -2.69. The molecule has 0 bridgehead atoms. The van der Waals surface area contributed by atoms with Crippen LogP contribution in [0.4, 0.5) is 26.3 Å². The molecule has 4 aromatic rings. The fourth-order valence-electron chi connectivity index (χ4n) is 7.29. The average Bonchev–Trinajstić information content (AvgIpc) is 3.59. The van der Waals surface area contributed by atoms with E-state index in [1.54, 1.807) is 49.5 Å². The molecule has 2 aliphatic rings. The summed E-state index contributed by atoms with van der Waals surface area (Å²) in [5.41, 5.74) is 3.70. The molecule has 0 spiro atoms. The summed E-state index contributed by atoms with van der Waals surface area (Å²) in [4.78, 5) is 0. The summed E-state index contributed by atoms with van der Waals surface area (Å²) in [5, 5.41) is 0. The standard InChI is InChI=1S/2C17H12F3.C2H7Si.2ClH.Zr/c2*1-11-5-7-12(8-6-11)15-4-2-3-13-9-14(10-16(13)15)17(18,19)20;1-3-2;;;/h2*2-10H,1H3;3H,1-2H3;2*1H;/q;;;;;+2/p-2. The Bertz CT molecular complexity index is 1770. The number of benzene rings is 4. The number of allylic oxidation sites excluding steroid dienone is 2. The Morgan fingerprint density at radius 2 is 0.913 bits per heavy atom. The van der Waals surface area contributed by atoms with Gasteiger partial charge in [0.05, 0.1) is 0 Å². The number of aryl methyl sites for hydroxylation is 2. The summed E-state index contributed by atoms with van der Waals surface area (Å²) < 4.78 is 87.9. The normalized spacial score (nSPS) is 18.9. The summed E-state index contributed by atoms with van der Waals surface area (Å²) in [6.45, 7) is 7.26. The van der Waals surface area contributed by atoms with Gasteiger partial charge in [-0.05, 0) is 0 Å². The molecule has 6 rings (SSSR count). The average molecular weight is 768 g/mol. The van der Waals surface area contributed by atoms with E-state index < -0.39 is 52.2 Å². The fourth-order valence-corrected chi connectivity index (χ4v) is 37.4. The molecule has 2 unspecified atom stereocenters. The first-order valence-electron chi connectivity index (χ1n) is 15.0. The molecule has 0 nitrogen and oxygen atoms in total. The molecule has 0 amide bonds. The number of fused-ring (bicyclic) bond motifs is 2. The maximum atomic E-state index is 15.2. The number of hydrogen-bond acceptors (Lipinski definition) is 0. The van der Waals surface area contributed by atoms with Gasteiger partial charge in [-0.3, -0.25) is 0 Å². The van der Waals surface area contributed by atoms with Gasteiger partial charge in [-0.1, -0.05) is 0 Å². The molecule has 4 aromatic carbocycles. The van der Waals surface area contributed by atoms with Crippen LogP contribution in [0.1, 0.15) is 40.6 Å². The molecule has 46 heavy (non-hydrogen) atoms. The van der Waals surface area contributed by atoms with Crippen LogP contribution >= 0.6 is 17.0 Å². The molecule has 0 aliphatic heterocycles. The van der Waals surface area contributed by atoms with Gasteiger partial charge in [0.15, 0.2) is 0 Å². The van der Waals surface area contributed by atoms with Crippen molar-refractivity contribution in [3.63, 3.8) is 0 Å². The van der Waals surface area contributed by atoms with Gasteiger partial charge in [0.1, 0.15) is 0 Å². The second-order valence-corrected chi connectivity index (χ2v) is 55.3. The third kappa shape index (κ3) is 5.32. The molecule has 0 aromatic heterocycles. The van der Waals surface area contributed by atoms with E-state index in [0.717, 1.165) is 23.3 Å². The Kier molecular flexibility index (Phi) is 8.28. The van der Waals surface area contributed by atoms with E-state index in [2.05, 4.69) is 0 Å². The van der Waals surface area contributed by atoms with Crippen LogP contribution in [0.25, 0.3) is 34.4 Å². The number of halogens is 8. The van der Waals surface area contributed by atoms with Crippen LogP contribution in [0.5, 0.6) is 0 Å². The van der Waals surface area contributed by atoms with E-state index in [0.29, 0.717) is 33.4 Å². The van der Waals surface area contributed by atoms with Crippen molar-refractivity contribution in [2.75, 3.05) is 0 Å². The molecular formula is C36H31Cl2F6SiZr. The summed E-state index contributed by atoms with van der Waals surface area (Å²) in [7, 11) is 15.6. The first-order chi connectivity index (χ1) is 21.4. The number of rotatable bonds is 5. The predicted octanol–water partition coefficient (Wildman–Crippen LogP) is 12.3. The van der Waals surface area contributed by atoms with E-state index in [1.807, 2.05) is 62.4 Å². The van der Waals surface area contributed by atoms with Crippen LogP contribution in [-0.4, -0.2) is 18.3 Å². The van der Waals surface area contributed by atoms with E-state index in [1.165, 1.54) is 0 Å². The zero-order valence-corrected chi connectivity index (χ0v) is 30.6. The third-order valence-electron chi connectivity index (χ3n) is 9.71. The Morgan fingerprint density at radius 3 is 1.22 bits per heavy atom. The molecule has 0 radical (unpaired) electrons. The van der Waals surface area contributed by atoms with E-state index in [4.69, 9.17) is 17.0 Å². The van der Waals surface area contributed by atoms with Crippen LogP contribution in [0, 0.1) is 13.8 Å². The molecule has 0 heterocycles. The van der Waals surface area contributed by atoms with Crippen LogP contribution in [-0.2, 0) is 15.6 Å². The first kappa shape index (κ1) is 33.5. The molecule has 0 fully saturated rings. The first-order valence-corrected chi connectivity index (χ1v) is 31.3. The SMILES string of the molecule is Cc1ccc(-c2cccc3c2C=C(C(F)(F)F)[CH]3[Zr]([Cl])([Cl])([CH]2C(C(F)(F)F)=Cc3c(-c4ccc(C)cc4)cccc32)[SiH](C)C)cc1.